The van der Waals surface area contributed by atoms with Gasteiger partial charge in [0.2, 0.25) is 5.75 Å². The second kappa shape index (κ2) is 7.04. The molecule has 0 fully saturated rings. The molecule has 0 aliphatic rings. The third kappa shape index (κ3) is 3.49. The first-order valence-corrected chi connectivity index (χ1v) is 6.71. The van der Waals surface area contributed by atoms with Gasteiger partial charge in [0.25, 0.3) is 0 Å². The van der Waals surface area contributed by atoms with Gasteiger partial charge in [0.05, 0.1) is 21.3 Å². The van der Waals surface area contributed by atoms with Crippen molar-refractivity contribution < 1.29 is 14.2 Å². The molecule has 0 unspecified atom stereocenters. The van der Waals surface area contributed by atoms with Crippen molar-refractivity contribution in [3.8, 4) is 17.2 Å². The van der Waals surface area contributed by atoms with E-state index in [0.29, 0.717) is 34.8 Å². The van der Waals surface area contributed by atoms with Crippen LogP contribution < -0.4 is 19.5 Å². The predicted molar refractivity (Wildman–Crippen MR) is 82.7 cm³/mol. The number of hydrogen-bond donors (Lipinski definition) is 1. The van der Waals surface area contributed by atoms with Crippen LogP contribution in [0.2, 0.25) is 5.15 Å². The van der Waals surface area contributed by atoms with E-state index in [9.17, 15) is 0 Å². The van der Waals surface area contributed by atoms with Crippen LogP contribution in [0.25, 0.3) is 0 Å². The van der Waals surface area contributed by atoms with E-state index in [0.717, 1.165) is 5.56 Å². The molecule has 0 radical (unpaired) electrons. The molecular formula is C15H17ClN2O3. The molecule has 6 heteroatoms. The third-order valence-corrected chi connectivity index (χ3v) is 3.17. The van der Waals surface area contributed by atoms with Gasteiger partial charge in [-0.1, -0.05) is 17.7 Å². The lowest BCUT2D eigenvalue weighted by atomic mass is 10.1. The lowest BCUT2D eigenvalue weighted by Gasteiger charge is -2.16. The first-order valence-electron chi connectivity index (χ1n) is 6.34. The Balaban J connectivity index is 2.23. The maximum Gasteiger partial charge on any atom is 0.203 e. The van der Waals surface area contributed by atoms with Gasteiger partial charge in [-0.25, -0.2) is 4.98 Å². The number of benzene rings is 1. The van der Waals surface area contributed by atoms with E-state index in [1.165, 1.54) is 0 Å². The number of hydrogen-bond acceptors (Lipinski definition) is 5. The number of methoxy groups -OCH3 is 3. The Kier molecular flexibility index (Phi) is 5.11. The highest BCUT2D eigenvalue weighted by Crippen LogP contribution is 2.39. The average molecular weight is 309 g/mol. The minimum absolute atomic E-state index is 0.444. The first-order chi connectivity index (χ1) is 10.2. The van der Waals surface area contributed by atoms with Gasteiger partial charge in [0.1, 0.15) is 11.0 Å². The summed E-state index contributed by atoms with van der Waals surface area (Å²) < 4.78 is 16.0. The van der Waals surface area contributed by atoms with Crippen molar-refractivity contribution in [3.05, 3.63) is 41.0 Å². The van der Waals surface area contributed by atoms with Crippen molar-refractivity contribution in [2.45, 2.75) is 6.54 Å². The zero-order valence-corrected chi connectivity index (χ0v) is 12.9. The Hall–Kier alpha value is -2.14. The SMILES string of the molecule is COc1ccc(CNc2cccc(Cl)n2)c(OC)c1OC. The lowest BCUT2D eigenvalue weighted by Crippen LogP contribution is -2.05. The number of rotatable bonds is 6. The van der Waals surface area contributed by atoms with E-state index < -0.39 is 0 Å². The molecule has 2 rings (SSSR count). The zero-order chi connectivity index (χ0) is 15.2. The second-order valence-electron chi connectivity index (χ2n) is 4.19. The summed E-state index contributed by atoms with van der Waals surface area (Å²) in [7, 11) is 4.76. The lowest BCUT2D eigenvalue weighted by molar-refractivity contribution is 0.322. The maximum atomic E-state index is 5.86. The van der Waals surface area contributed by atoms with Gasteiger partial charge in [-0.15, -0.1) is 0 Å². The van der Waals surface area contributed by atoms with Gasteiger partial charge in [-0.05, 0) is 24.3 Å². The van der Waals surface area contributed by atoms with Crippen LogP contribution >= 0.6 is 11.6 Å². The fraction of sp³-hybridized carbons (Fsp3) is 0.267. The van der Waals surface area contributed by atoms with Gasteiger partial charge < -0.3 is 19.5 Å². The number of nitrogens with zero attached hydrogens (tertiary/aromatic N) is 1. The first kappa shape index (κ1) is 15.3. The van der Waals surface area contributed by atoms with Crippen molar-refractivity contribution in [1.82, 2.24) is 4.98 Å². The number of halogens is 1. The van der Waals surface area contributed by atoms with Crippen LogP contribution in [0.15, 0.2) is 30.3 Å². The average Bonchev–Trinajstić information content (AvgIpc) is 2.51. The molecule has 5 nitrogen and oxygen atoms in total. The molecule has 0 aliphatic carbocycles. The summed E-state index contributed by atoms with van der Waals surface area (Å²) in [6.07, 6.45) is 0. The maximum absolute atomic E-state index is 5.86. The van der Waals surface area contributed by atoms with E-state index in [2.05, 4.69) is 10.3 Å². The van der Waals surface area contributed by atoms with Crippen LogP contribution in [0, 0.1) is 0 Å². The van der Waals surface area contributed by atoms with Gasteiger partial charge in [0.15, 0.2) is 11.5 Å². The number of ether oxygens (including phenoxy) is 3. The Bertz CT molecular complexity index is 620. The Morgan fingerprint density at radius 2 is 1.76 bits per heavy atom. The molecule has 1 aromatic carbocycles. The van der Waals surface area contributed by atoms with Crippen LogP contribution in [0.4, 0.5) is 5.82 Å². The predicted octanol–water partition coefficient (Wildman–Crippen LogP) is 3.37. The van der Waals surface area contributed by atoms with Crippen molar-refractivity contribution >= 4 is 17.4 Å². The molecule has 0 spiro atoms. The second-order valence-corrected chi connectivity index (χ2v) is 4.58. The smallest absolute Gasteiger partial charge is 0.203 e. The molecule has 0 saturated carbocycles. The fourth-order valence-electron chi connectivity index (χ4n) is 1.99. The van der Waals surface area contributed by atoms with E-state index >= 15 is 0 Å². The molecule has 2 aromatic rings. The monoisotopic (exact) mass is 308 g/mol. The highest BCUT2D eigenvalue weighted by atomic mass is 35.5. The van der Waals surface area contributed by atoms with Crippen molar-refractivity contribution in [2.24, 2.45) is 0 Å². The number of pyridine rings is 1. The number of nitrogens with one attached hydrogen (secondary N) is 1. The molecule has 0 atom stereocenters. The highest BCUT2D eigenvalue weighted by molar-refractivity contribution is 6.29. The fourth-order valence-corrected chi connectivity index (χ4v) is 2.16. The summed E-state index contributed by atoms with van der Waals surface area (Å²) in [5, 5.41) is 3.64. The van der Waals surface area contributed by atoms with Crippen molar-refractivity contribution in [2.75, 3.05) is 26.6 Å². The molecule has 1 heterocycles. The van der Waals surface area contributed by atoms with Gasteiger partial charge in [-0.3, -0.25) is 0 Å². The van der Waals surface area contributed by atoms with Crippen LogP contribution in [0.3, 0.4) is 0 Å². The Labute approximate surface area is 128 Å². The Morgan fingerprint density at radius 1 is 1.00 bits per heavy atom. The van der Waals surface area contributed by atoms with Gasteiger partial charge in [-0.2, -0.15) is 0 Å². The molecular weight excluding hydrogens is 292 g/mol. The quantitative estimate of drug-likeness (QED) is 0.829. The normalized spacial score (nSPS) is 10.1. The zero-order valence-electron chi connectivity index (χ0n) is 12.1. The standard InChI is InChI=1S/C15H17ClN2O3/c1-19-11-8-7-10(14(20-2)15(11)21-3)9-17-13-6-4-5-12(16)18-13/h4-8H,9H2,1-3H3,(H,17,18). The molecule has 1 aromatic heterocycles. The molecule has 1 N–H and O–H groups in total. The van der Waals surface area contributed by atoms with E-state index in [1.807, 2.05) is 24.3 Å². The van der Waals surface area contributed by atoms with Gasteiger partial charge >= 0.3 is 0 Å². The summed E-state index contributed by atoms with van der Waals surface area (Å²) in [4.78, 5) is 4.18. The van der Waals surface area contributed by atoms with Crippen molar-refractivity contribution in [3.63, 3.8) is 0 Å². The topological polar surface area (TPSA) is 52.6 Å². The number of aromatic nitrogens is 1. The summed E-state index contributed by atoms with van der Waals surface area (Å²) in [5.74, 6) is 2.52. The molecule has 112 valence electrons. The van der Waals surface area contributed by atoms with Crippen LogP contribution in [0.1, 0.15) is 5.56 Å². The third-order valence-electron chi connectivity index (χ3n) is 2.96. The van der Waals surface area contributed by atoms with E-state index in [1.54, 1.807) is 27.4 Å². The van der Waals surface area contributed by atoms with Gasteiger partial charge in [0, 0.05) is 12.1 Å². The molecule has 0 aliphatic heterocycles. The van der Waals surface area contributed by atoms with E-state index in [4.69, 9.17) is 25.8 Å². The minimum atomic E-state index is 0.444. The Morgan fingerprint density at radius 3 is 2.38 bits per heavy atom. The van der Waals surface area contributed by atoms with Crippen LogP contribution in [0.5, 0.6) is 17.2 Å². The molecule has 0 saturated heterocycles. The summed E-state index contributed by atoms with van der Waals surface area (Å²) in [6.45, 7) is 0.525. The number of anilines is 1. The molecule has 0 amide bonds. The van der Waals surface area contributed by atoms with E-state index in [-0.39, 0.29) is 0 Å². The molecule has 21 heavy (non-hydrogen) atoms. The van der Waals surface area contributed by atoms with Crippen molar-refractivity contribution in [1.29, 1.82) is 0 Å². The van der Waals surface area contributed by atoms with Crippen LogP contribution in [-0.4, -0.2) is 26.3 Å². The molecule has 0 bridgehead atoms. The summed E-state index contributed by atoms with van der Waals surface area (Å²) >= 11 is 5.86. The largest absolute Gasteiger partial charge is 0.493 e. The van der Waals surface area contributed by atoms with Crippen LogP contribution in [-0.2, 0) is 6.54 Å². The summed E-state index contributed by atoms with van der Waals surface area (Å²) in [6, 6.07) is 9.16. The minimum Gasteiger partial charge on any atom is -0.493 e. The summed E-state index contributed by atoms with van der Waals surface area (Å²) in [5.41, 5.74) is 0.928. The highest BCUT2D eigenvalue weighted by Gasteiger charge is 2.15.